The molecule has 2 aliphatic carbocycles. The number of hydrogen-bond acceptors (Lipinski definition) is 3. The lowest BCUT2D eigenvalue weighted by molar-refractivity contribution is -0.133. The predicted molar refractivity (Wildman–Crippen MR) is 91.0 cm³/mol. The van der Waals surface area contributed by atoms with Gasteiger partial charge in [-0.1, -0.05) is 28.8 Å². The summed E-state index contributed by atoms with van der Waals surface area (Å²) in [5.74, 6) is 1.77. The Bertz CT molecular complexity index is 609. The monoisotopic (exact) mass is 379 g/mol. The minimum absolute atomic E-state index is 0.261. The molecule has 124 valence electrons. The highest BCUT2D eigenvalue weighted by Gasteiger charge is 2.38. The first-order valence-corrected chi connectivity index (χ1v) is 9.41. The van der Waals surface area contributed by atoms with Gasteiger partial charge in [-0.3, -0.25) is 4.79 Å². The molecular weight excluding hydrogens is 358 g/mol. The summed E-state index contributed by atoms with van der Waals surface area (Å²) in [6, 6.07) is 4.83. The van der Waals surface area contributed by atoms with Gasteiger partial charge in [0, 0.05) is 16.6 Å². The van der Waals surface area contributed by atoms with Crippen molar-refractivity contribution in [3.8, 4) is 11.5 Å². The Kier molecular flexibility index (Phi) is 4.22. The van der Waals surface area contributed by atoms with Crippen LogP contribution in [0.25, 0.3) is 0 Å². The molecule has 2 fully saturated rings. The number of fused-ring (bicyclic) bond motifs is 1. The SMILES string of the molecule is O=C(Cc1cc2c(cc1Br)OCCO2)N(C1CCCC1)C1CC1. The van der Waals surface area contributed by atoms with E-state index in [-0.39, 0.29) is 5.91 Å². The van der Waals surface area contributed by atoms with Crippen LogP contribution in [0.15, 0.2) is 16.6 Å². The van der Waals surface area contributed by atoms with Crippen molar-refractivity contribution in [3.63, 3.8) is 0 Å². The average Bonchev–Trinajstić information content (AvgIpc) is 3.22. The third-order valence-corrected chi connectivity index (χ3v) is 5.74. The van der Waals surface area contributed by atoms with Crippen molar-refractivity contribution in [2.24, 2.45) is 0 Å². The zero-order chi connectivity index (χ0) is 15.8. The van der Waals surface area contributed by atoms with Crippen molar-refractivity contribution < 1.29 is 14.3 Å². The molecule has 2 saturated carbocycles. The molecule has 4 rings (SSSR count). The summed E-state index contributed by atoms with van der Waals surface area (Å²) in [6.45, 7) is 1.15. The molecule has 0 saturated heterocycles. The van der Waals surface area contributed by atoms with E-state index in [1.807, 2.05) is 12.1 Å². The molecule has 0 N–H and O–H groups in total. The van der Waals surface area contributed by atoms with Gasteiger partial charge in [0.25, 0.3) is 0 Å². The molecule has 0 bridgehead atoms. The lowest BCUT2D eigenvalue weighted by Crippen LogP contribution is -2.41. The highest BCUT2D eigenvalue weighted by Crippen LogP contribution is 2.38. The Morgan fingerprint density at radius 1 is 1.04 bits per heavy atom. The highest BCUT2D eigenvalue weighted by atomic mass is 79.9. The molecule has 0 spiro atoms. The van der Waals surface area contributed by atoms with Crippen molar-refractivity contribution in [2.45, 2.75) is 57.0 Å². The van der Waals surface area contributed by atoms with Gasteiger partial charge in [-0.05, 0) is 43.4 Å². The van der Waals surface area contributed by atoms with Crippen LogP contribution in [0.1, 0.15) is 44.1 Å². The number of ether oxygens (including phenoxy) is 2. The Balaban J connectivity index is 1.53. The summed E-state index contributed by atoms with van der Waals surface area (Å²) in [6.07, 6.45) is 7.64. The van der Waals surface area contributed by atoms with Crippen molar-refractivity contribution in [1.29, 1.82) is 0 Å². The Labute approximate surface area is 145 Å². The first kappa shape index (κ1) is 15.3. The van der Waals surface area contributed by atoms with Crippen LogP contribution in [0.4, 0.5) is 0 Å². The fourth-order valence-electron chi connectivity index (χ4n) is 3.74. The second kappa shape index (κ2) is 6.34. The molecule has 0 atom stereocenters. The molecule has 1 amide bonds. The highest BCUT2D eigenvalue weighted by molar-refractivity contribution is 9.10. The van der Waals surface area contributed by atoms with E-state index in [9.17, 15) is 4.79 Å². The maximum absolute atomic E-state index is 12.9. The molecule has 0 aromatic heterocycles. The fraction of sp³-hybridized carbons (Fsp3) is 0.611. The first-order valence-electron chi connectivity index (χ1n) is 8.61. The number of hydrogen-bond donors (Lipinski definition) is 0. The minimum Gasteiger partial charge on any atom is -0.486 e. The van der Waals surface area contributed by atoms with Gasteiger partial charge in [0.1, 0.15) is 13.2 Å². The second-order valence-corrected chi connectivity index (χ2v) is 7.59. The molecule has 4 nitrogen and oxygen atoms in total. The van der Waals surface area contributed by atoms with E-state index < -0.39 is 0 Å². The van der Waals surface area contributed by atoms with E-state index in [0.29, 0.717) is 31.7 Å². The zero-order valence-corrected chi connectivity index (χ0v) is 14.8. The van der Waals surface area contributed by atoms with Gasteiger partial charge in [-0.25, -0.2) is 0 Å². The first-order chi connectivity index (χ1) is 11.2. The van der Waals surface area contributed by atoms with Crippen molar-refractivity contribution in [1.82, 2.24) is 4.90 Å². The molecule has 3 aliphatic rings. The summed E-state index contributed by atoms with van der Waals surface area (Å²) < 4.78 is 12.2. The number of carbonyl (C=O) groups is 1. The van der Waals surface area contributed by atoms with Gasteiger partial charge < -0.3 is 14.4 Å². The van der Waals surface area contributed by atoms with Crippen LogP contribution < -0.4 is 9.47 Å². The fourth-order valence-corrected chi connectivity index (χ4v) is 4.20. The standard InChI is InChI=1S/C18H22BrNO3/c19-15-11-17-16(22-7-8-23-17)9-12(15)10-18(21)20(14-5-6-14)13-3-1-2-4-13/h9,11,13-14H,1-8,10H2. The average molecular weight is 380 g/mol. The van der Waals surface area contributed by atoms with Gasteiger partial charge in [0.15, 0.2) is 11.5 Å². The quantitative estimate of drug-likeness (QED) is 0.800. The largest absolute Gasteiger partial charge is 0.486 e. The van der Waals surface area contributed by atoms with E-state index in [2.05, 4.69) is 20.8 Å². The van der Waals surface area contributed by atoms with Crippen LogP contribution in [0.5, 0.6) is 11.5 Å². The lowest BCUT2D eigenvalue weighted by Gasteiger charge is -2.29. The number of carbonyl (C=O) groups excluding carboxylic acids is 1. The van der Waals surface area contributed by atoms with Crippen LogP contribution in [0.3, 0.4) is 0 Å². The zero-order valence-electron chi connectivity index (χ0n) is 13.2. The summed E-state index contributed by atoms with van der Waals surface area (Å²) in [4.78, 5) is 15.1. The number of benzene rings is 1. The van der Waals surface area contributed by atoms with Crippen LogP contribution >= 0.6 is 15.9 Å². The molecular formula is C18H22BrNO3. The lowest BCUT2D eigenvalue weighted by atomic mass is 10.1. The topological polar surface area (TPSA) is 38.8 Å². The summed E-state index contributed by atoms with van der Waals surface area (Å²) in [7, 11) is 0. The van der Waals surface area contributed by atoms with E-state index in [1.165, 1.54) is 38.5 Å². The molecule has 1 aromatic rings. The third kappa shape index (κ3) is 3.21. The smallest absolute Gasteiger partial charge is 0.227 e. The third-order valence-electron chi connectivity index (χ3n) is 5.00. The predicted octanol–water partition coefficient (Wildman–Crippen LogP) is 3.70. The summed E-state index contributed by atoms with van der Waals surface area (Å²) in [5.41, 5.74) is 0.989. The minimum atomic E-state index is 0.261. The van der Waals surface area contributed by atoms with Crippen LogP contribution in [0.2, 0.25) is 0 Å². The van der Waals surface area contributed by atoms with E-state index in [1.54, 1.807) is 0 Å². The Morgan fingerprint density at radius 2 is 1.65 bits per heavy atom. The number of halogens is 1. The van der Waals surface area contributed by atoms with Gasteiger partial charge in [0.05, 0.1) is 6.42 Å². The van der Waals surface area contributed by atoms with Gasteiger partial charge >= 0.3 is 0 Å². The van der Waals surface area contributed by atoms with Crippen LogP contribution in [-0.4, -0.2) is 36.1 Å². The Hall–Kier alpha value is -1.23. The van der Waals surface area contributed by atoms with E-state index in [0.717, 1.165) is 21.5 Å². The second-order valence-electron chi connectivity index (χ2n) is 6.73. The number of rotatable bonds is 4. The molecule has 0 radical (unpaired) electrons. The summed E-state index contributed by atoms with van der Waals surface area (Å²) in [5, 5.41) is 0. The molecule has 5 heteroatoms. The summed E-state index contributed by atoms with van der Waals surface area (Å²) >= 11 is 3.58. The van der Waals surface area contributed by atoms with Gasteiger partial charge in [-0.15, -0.1) is 0 Å². The maximum atomic E-state index is 12.9. The molecule has 23 heavy (non-hydrogen) atoms. The van der Waals surface area contributed by atoms with Crippen LogP contribution in [0, 0.1) is 0 Å². The van der Waals surface area contributed by atoms with Crippen LogP contribution in [-0.2, 0) is 11.2 Å². The molecule has 1 aliphatic heterocycles. The number of nitrogens with zero attached hydrogens (tertiary/aromatic N) is 1. The number of amides is 1. The molecule has 1 aromatic carbocycles. The Morgan fingerprint density at radius 3 is 2.30 bits per heavy atom. The van der Waals surface area contributed by atoms with Crippen molar-refractivity contribution >= 4 is 21.8 Å². The molecule has 0 unspecified atom stereocenters. The van der Waals surface area contributed by atoms with Crippen molar-refractivity contribution in [3.05, 3.63) is 22.2 Å². The normalized spacial score (nSPS) is 20.6. The molecule has 1 heterocycles. The van der Waals surface area contributed by atoms with E-state index >= 15 is 0 Å². The van der Waals surface area contributed by atoms with Gasteiger partial charge in [-0.2, -0.15) is 0 Å². The van der Waals surface area contributed by atoms with Crippen molar-refractivity contribution in [2.75, 3.05) is 13.2 Å². The van der Waals surface area contributed by atoms with E-state index in [4.69, 9.17) is 9.47 Å². The van der Waals surface area contributed by atoms with Gasteiger partial charge in [0.2, 0.25) is 5.91 Å². The maximum Gasteiger partial charge on any atom is 0.227 e.